The maximum atomic E-state index is 12.1. The second kappa shape index (κ2) is 5.64. The number of hydrogen-bond acceptors (Lipinski definition) is 3. The van der Waals surface area contributed by atoms with Gasteiger partial charge in [0.25, 0.3) is 0 Å². The SMILES string of the molecule is CC(C)C[C@@H](N)C(=O)N1CCN(C)C(C)C1. The summed E-state index contributed by atoms with van der Waals surface area (Å²) in [5, 5.41) is 0. The van der Waals surface area contributed by atoms with Crippen LogP contribution in [0.5, 0.6) is 0 Å². The summed E-state index contributed by atoms with van der Waals surface area (Å²) in [6.45, 7) is 8.90. The first-order chi connectivity index (χ1) is 7.41. The minimum absolute atomic E-state index is 0.119. The molecule has 1 fully saturated rings. The molecule has 0 radical (unpaired) electrons. The Kier molecular flexibility index (Phi) is 4.74. The fourth-order valence-electron chi connectivity index (χ4n) is 2.09. The number of piperazine rings is 1. The smallest absolute Gasteiger partial charge is 0.239 e. The number of amides is 1. The molecule has 94 valence electrons. The molecule has 0 aromatic heterocycles. The third kappa shape index (κ3) is 3.46. The highest BCUT2D eigenvalue weighted by Crippen LogP contribution is 2.11. The third-order valence-electron chi connectivity index (χ3n) is 3.31. The van der Waals surface area contributed by atoms with Crippen LogP contribution in [0.2, 0.25) is 0 Å². The second-order valence-corrected chi connectivity index (χ2v) is 5.35. The van der Waals surface area contributed by atoms with Crippen LogP contribution < -0.4 is 5.73 Å². The van der Waals surface area contributed by atoms with Gasteiger partial charge in [-0.15, -0.1) is 0 Å². The van der Waals surface area contributed by atoms with Gasteiger partial charge in [-0.2, -0.15) is 0 Å². The van der Waals surface area contributed by atoms with Crippen molar-refractivity contribution >= 4 is 5.91 Å². The first-order valence-electron chi connectivity index (χ1n) is 6.16. The summed E-state index contributed by atoms with van der Waals surface area (Å²) in [7, 11) is 2.10. The number of likely N-dealkylation sites (N-methyl/N-ethyl adjacent to an activating group) is 1. The van der Waals surface area contributed by atoms with E-state index in [9.17, 15) is 4.79 Å². The molecule has 4 nitrogen and oxygen atoms in total. The van der Waals surface area contributed by atoms with E-state index in [1.54, 1.807) is 0 Å². The number of hydrogen-bond donors (Lipinski definition) is 1. The van der Waals surface area contributed by atoms with Crippen molar-refractivity contribution in [1.29, 1.82) is 0 Å². The predicted molar refractivity (Wildman–Crippen MR) is 66.1 cm³/mol. The van der Waals surface area contributed by atoms with Crippen molar-refractivity contribution in [3.05, 3.63) is 0 Å². The lowest BCUT2D eigenvalue weighted by atomic mass is 10.0. The molecule has 1 aliphatic rings. The van der Waals surface area contributed by atoms with Crippen molar-refractivity contribution in [2.24, 2.45) is 11.7 Å². The first kappa shape index (κ1) is 13.5. The van der Waals surface area contributed by atoms with Gasteiger partial charge in [-0.3, -0.25) is 4.79 Å². The topological polar surface area (TPSA) is 49.6 Å². The molecular weight excluding hydrogens is 202 g/mol. The van der Waals surface area contributed by atoms with Crippen LogP contribution in [0.3, 0.4) is 0 Å². The average Bonchev–Trinajstić information content (AvgIpc) is 2.20. The van der Waals surface area contributed by atoms with Gasteiger partial charge in [0.05, 0.1) is 6.04 Å². The minimum atomic E-state index is -0.324. The summed E-state index contributed by atoms with van der Waals surface area (Å²) >= 11 is 0. The highest BCUT2D eigenvalue weighted by Gasteiger charge is 2.27. The van der Waals surface area contributed by atoms with Gasteiger partial charge in [-0.05, 0) is 26.3 Å². The van der Waals surface area contributed by atoms with Crippen molar-refractivity contribution in [3.8, 4) is 0 Å². The van der Waals surface area contributed by atoms with Gasteiger partial charge in [-0.1, -0.05) is 13.8 Å². The van der Waals surface area contributed by atoms with Gasteiger partial charge in [0.15, 0.2) is 0 Å². The van der Waals surface area contributed by atoms with Crippen molar-refractivity contribution < 1.29 is 4.79 Å². The highest BCUT2D eigenvalue weighted by molar-refractivity contribution is 5.81. The van der Waals surface area contributed by atoms with Crippen LogP contribution in [0, 0.1) is 5.92 Å². The fourth-order valence-corrected chi connectivity index (χ4v) is 2.09. The summed E-state index contributed by atoms with van der Waals surface area (Å²) in [5.74, 6) is 0.595. The minimum Gasteiger partial charge on any atom is -0.339 e. The monoisotopic (exact) mass is 227 g/mol. The molecule has 0 saturated carbocycles. The van der Waals surface area contributed by atoms with Crippen LogP contribution >= 0.6 is 0 Å². The summed E-state index contributed by atoms with van der Waals surface area (Å²) in [5.41, 5.74) is 5.92. The van der Waals surface area contributed by atoms with Crippen LogP contribution in [0.4, 0.5) is 0 Å². The first-order valence-corrected chi connectivity index (χ1v) is 6.16. The van der Waals surface area contributed by atoms with Crippen molar-refractivity contribution in [2.45, 2.75) is 39.3 Å². The number of nitrogens with zero attached hydrogens (tertiary/aromatic N) is 2. The van der Waals surface area contributed by atoms with E-state index in [2.05, 4.69) is 32.7 Å². The van der Waals surface area contributed by atoms with Gasteiger partial charge in [-0.25, -0.2) is 0 Å². The Balaban J connectivity index is 2.48. The van der Waals surface area contributed by atoms with E-state index >= 15 is 0 Å². The Hall–Kier alpha value is -0.610. The largest absolute Gasteiger partial charge is 0.339 e. The zero-order valence-corrected chi connectivity index (χ0v) is 10.9. The van der Waals surface area contributed by atoms with E-state index < -0.39 is 0 Å². The summed E-state index contributed by atoms with van der Waals surface area (Å²) < 4.78 is 0. The van der Waals surface area contributed by atoms with Crippen LogP contribution in [0.1, 0.15) is 27.2 Å². The quantitative estimate of drug-likeness (QED) is 0.765. The second-order valence-electron chi connectivity index (χ2n) is 5.35. The lowest BCUT2D eigenvalue weighted by molar-refractivity contribution is -0.135. The molecule has 0 spiro atoms. The van der Waals surface area contributed by atoms with E-state index in [-0.39, 0.29) is 11.9 Å². The third-order valence-corrected chi connectivity index (χ3v) is 3.31. The molecule has 2 N–H and O–H groups in total. The van der Waals surface area contributed by atoms with Crippen LogP contribution in [-0.4, -0.2) is 54.5 Å². The lowest BCUT2D eigenvalue weighted by Crippen LogP contribution is -2.55. The van der Waals surface area contributed by atoms with E-state index in [1.165, 1.54) is 0 Å². The standard InChI is InChI=1S/C12H25N3O/c1-9(2)7-11(13)12(16)15-6-5-14(4)10(3)8-15/h9-11H,5-8,13H2,1-4H3/t10?,11-/m1/s1. The van der Waals surface area contributed by atoms with E-state index in [0.29, 0.717) is 12.0 Å². The maximum Gasteiger partial charge on any atom is 0.239 e. The number of rotatable bonds is 3. The average molecular weight is 227 g/mol. The molecule has 0 aromatic rings. The van der Waals surface area contributed by atoms with Gasteiger partial charge >= 0.3 is 0 Å². The van der Waals surface area contributed by atoms with Crippen LogP contribution in [-0.2, 0) is 4.79 Å². The Morgan fingerprint density at radius 3 is 2.56 bits per heavy atom. The van der Waals surface area contributed by atoms with Gasteiger partial charge < -0.3 is 15.5 Å². The molecule has 4 heteroatoms. The Morgan fingerprint density at radius 2 is 2.06 bits per heavy atom. The van der Waals surface area contributed by atoms with Gasteiger partial charge in [0, 0.05) is 25.7 Å². The van der Waals surface area contributed by atoms with E-state index in [1.807, 2.05) is 4.90 Å². The van der Waals surface area contributed by atoms with Gasteiger partial charge in [0.2, 0.25) is 5.91 Å². The molecule has 16 heavy (non-hydrogen) atoms. The molecule has 1 saturated heterocycles. The number of carbonyl (C=O) groups is 1. The number of nitrogens with two attached hydrogens (primary N) is 1. The molecule has 1 amide bonds. The summed E-state index contributed by atoms with van der Waals surface area (Å²) in [6.07, 6.45) is 0.777. The highest BCUT2D eigenvalue weighted by atomic mass is 16.2. The van der Waals surface area contributed by atoms with Crippen LogP contribution in [0.15, 0.2) is 0 Å². The van der Waals surface area contributed by atoms with E-state index in [0.717, 1.165) is 26.1 Å². The molecular formula is C12H25N3O. The molecule has 2 atom stereocenters. The molecule has 1 rings (SSSR count). The zero-order chi connectivity index (χ0) is 12.3. The predicted octanol–water partition coefficient (Wildman–Crippen LogP) is 0.522. The van der Waals surface area contributed by atoms with Crippen molar-refractivity contribution in [1.82, 2.24) is 9.80 Å². The molecule has 0 aromatic carbocycles. The zero-order valence-electron chi connectivity index (χ0n) is 10.9. The molecule has 1 unspecified atom stereocenters. The normalized spacial score (nSPS) is 24.9. The molecule has 1 heterocycles. The Bertz CT molecular complexity index is 242. The van der Waals surface area contributed by atoms with Gasteiger partial charge in [0.1, 0.15) is 0 Å². The summed E-state index contributed by atoms with van der Waals surface area (Å²) in [6, 6.07) is 0.111. The molecule has 0 aliphatic carbocycles. The molecule has 1 aliphatic heterocycles. The number of carbonyl (C=O) groups excluding carboxylic acids is 1. The van der Waals surface area contributed by atoms with Crippen molar-refractivity contribution in [3.63, 3.8) is 0 Å². The Morgan fingerprint density at radius 1 is 1.44 bits per heavy atom. The lowest BCUT2D eigenvalue weighted by Gasteiger charge is -2.38. The van der Waals surface area contributed by atoms with E-state index in [4.69, 9.17) is 5.73 Å². The van der Waals surface area contributed by atoms with Crippen molar-refractivity contribution in [2.75, 3.05) is 26.7 Å². The van der Waals surface area contributed by atoms with Crippen LogP contribution in [0.25, 0.3) is 0 Å². The summed E-state index contributed by atoms with van der Waals surface area (Å²) in [4.78, 5) is 16.3. The Labute approximate surface area is 98.8 Å². The molecule has 0 bridgehead atoms. The fraction of sp³-hybridized carbons (Fsp3) is 0.917. The maximum absolute atomic E-state index is 12.1.